The average molecular weight is 475 g/mol. The fourth-order valence-electron chi connectivity index (χ4n) is 5.09. The van der Waals surface area contributed by atoms with E-state index >= 15 is 0 Å². The number of hydrogen-bond acceptors (Lipinski definition) is 3. The minimum Gasteiger partial charge on any atom is -0.481 e. The van der Waals surface area contributed by atoms with Crippen LogP contribution in [0.25, 0.3) is 0 Å². The summed E-state index contributed by atoms with van der Waals surface area (Å²) in [5.74, 6) is -1.28. The maximum absolute atomic E-state index is 13.6. The number of benzene rings is 2. The van der Waals surface area contributed by atoms with Crippen molar-refractivity contribution < 1.29 is 19.5 Å². The van der Waals surface area contributed by atoms with E-state index in [1.54, 1.807) is 30.1 Å². The summed E-state index contributed by atoms with van der Waals surface area (Å²) in [7, 11) is 1.73. The highest BCUT2D eigenvalue weighted by molar-refractivity contribution is 6.42. The number of carboxylic acids is 1. The molecule has 0 radical (unpaired) electrons. The molecular formula is C24H24Cl2N2O4. The Bertz CT molecular complexity index is 1070. The Balaban J connectivity index is 1.73. The monoisotopic (exact) mass is 474 g/mol. The van der Waals surface area contributed by atoms with Crippen molar-refractivity contribution in [3.63, 3.8) is 0 Å². The molecule has 0 aromatic heterocycles. The lowest BCUT2D eigenvalue weighted by Gasteiger charge is -2.46. The van der Waals surface area contributed by atoms with Gasteiger partial charge in [-0.2, -0.15) is 0 Å². The average Bonchev–Trinajstić information content (AvgIpc) is 3.25. The lowest BCUT2D eigenvalue weighted by atomic mass is 9.81. The van der Waals surface area contributed by atoms with E-state index in [9.17, 15) is 14.4 Å². The predicted molar refractivity (Wildman–Crippen MR) is 123 cm³/mol. The lowest BCUT2D eigenvalue weighted by molar-refractivity contribution is -0.141. The molecule has 0 saturated heterocycles. The molecule has 1 aliphatic carbocycles. The number of carbonyl (C=O) groups excluding carboxylic acids is 2. The number of hydrogen-bond donors (Lipinski definition) is 1. The summed E-state index contributed by atoms with van der Waals surface area (Å²) in [5.41, 5.74) is 2.13. The molecule has 1 heterocycles. The standard InChI is InChI=1S/C24H24Cl2N2O4/c1-27(21(29)11-12-22(30)31)23-15-5-2-3-7-19(15)28(20-8-4-6-16(20)23)24(32)14-9-10-17(25)18(26)13-14/h2-3,5,7,9-10,13,16,20,23H,4,6,8,11-12H2,1H3,(H,30,31). The molecule has 6 nitrogen and oxygen atoms in total. The predicted octanol–water partition coefficient (Wildman–Crippen LogP) is 5.19. The molecular weight excluding hydrogens is 451 g/mol. The fourth-order valence-corrected chi connectivity index (χ4v) is 5.39. The van der Waals surface area contributed by atoms with Gasteiger partial charge in [-0.15, -0.1) is 0 Å². The topological polar surface area (TPSA) is 77.9 Å². The first-order valence-electron chi connectivity index (χ1n) is 10.6. The number of fused-ring (bicyclic) bond motifs is 2. The third-order valence-electron chi connectivity index (χ3n) is 6.53. The normalized spacial score (nSPS) is 21.6. The van der Waals surface area contributed by atoms with Gasteiger partial charge in [0.2, 0.25) is 5.91 Å². The minimum absolute atomic E-state index is 0.0478. The molecule has 4 rings (SSSR count). The van der Waals surface area contributed by atoms with Crippen molar-refractivity contribution in [2.75, 3.05) is 11.9 Å². The number of amides is 2. The van der Waals surface area contributed by atoms with Crippen LogP contribution >= 0.6 is 23.2 Å². The van der Waals surface area contributed by atoms with Crippen molar-refractivity contribution in [1.82, 2.24) is 4.90 Å². The van der Waals surface area contributed by atoms with Crippen LogP contribution in [0, 0.1) is 5.92 Å². The van der Waals surface area contributed by atoms with Crippen LogP contribution in [-0.2, 0) is 9.59 Å². The number of anilines is 1. The Morgan fingerprint density at radius 2 is 1.81 bits per heavy atom. The van der Waals surface area contributed by atoms with Crippen LogP contribution in [-0.4, -0.2) is 40.9 Å². The van der Waals surface area contributed by atoms with E-state index in [2.05, 4.69) is 0 Å². The van der Waals surface area contributed by atoms with Crippen LogP contribution < -0.4 is 4.90 Å². The first-order valence-corrected chi connectivity index (χ1v) is 11.4. The smallest absolute Gasteiger partial charge is 0.303 e. The number of nitrogens with zero attached hydrogens (tertiary/aromatic N) is 2. The molecule has 1 fully saturated rings. The van der Waals surface area contributed by atoms with Crippen molar-refractivity contribution in [3.05, 3.63) is 63.6 Å². The molecule has 2 amide bonds. The van der Waals surface area contributed by atoms with Gasteiger partial charge in [-0.25, -0.2) is 0 Å². The fraction of sp³-hybridized carbons (Fsp3) is 0.375. The SMILES string of the molecule is CN(C(=O)CCC(=O)O)C1c2ccccc2N(C(=O)c2ccc(Cl)c(Cl)c2)C2CCCC12. The zero-order valence-electron chi connectivity index (χ0n) is 17.6. The van der Waals surface area contributed by atoms with E-state index in [1.807, 2.05) is 29.2 Å². The quantitative estimate of drug-likeness (QED) is 0.646. The van der Waals surface area contributed by atoms with Crippen LogP contribution in [0.3, 0.4) is 0 Å². The van der Waals surface area contributed by atoms with Crippen molar-refractivity contribution in [2.24, 2.45) is 5.92 Å². The van der Waals surface area contributed by atoms with Crippen LogP contribution in [0.1, 0.15) is 54.1 Å². The molecule has 2 aromatic rings. The Morgan fingerprint density at radius 1 is 1.06 bits per heavy atom. The summed E-state index contributed by atoms with van der Waals surface area (Å²) >= 11 is 12.2. The van der Waals surface area contributed by atoms with Gasteiger partial charge in [0.25, 0.3) is 5.91 Å². The number of para-hydroxylation sites is 1. The number of rotatable bonds is 5. The van der Waals surface area contributed by atoms with E-state index < -0.39 is 5.97 Å². The molecule has 32 heavy (non-hydrogen) atoms. The summed E-state index contributed by atoms with van der Waals surface area (Å²) < 4.78 is 0. The van der Waals surface area contributed by atoms with Crippen LogP contribution in [0.4, 0.5) is 5.69 Å². The van der Waals surface area contributed by atoms with Gasteiger partial charge < -0.3 is 14.9 Å². The lowest BCUT2D eigenvalue weighted by Crippen LogP contribution is -2.51. The number of halogens is 2. The number of aliphatic carboxylic acids is 1. The van der Waals surface area contributed by atoms with Crippen molar-refractivity contribution in [3.8, 4) is 0 Å². The van der Waals surface area contributed by atoms with E-state index in [-0.39, 0.29) is 42.7 Å². The molecule has 2 aliphatic rings. The Hall–Kier alpha value is -2.57. The molecule has 2 aromatic carbocycles. The van der Waals surface area contributed by atoms with Crippen molar-refractivity contribution in [1.29, 1.82) is 0 Å². The summed E-state index contributed by atoms with van der Waals surface area (Å²) in [4.78, 5) is 40.9. The second-order valence-corrected chi connectivity index (χ2v) is 9.18. The highest BCUT2D eigenvalue weighted by atomic mass is 35.5. The van der Waals surface area contributed by atoms with E-state index in [4.69, 9.17) is 28.3 Å². The van der Waals surface area contributed by atoms with Gasteiger partial charge in [-0.3, -0.25) is 14.4 Å². The zero-order chi connectivity index (χ0) is 23.0. The largest absolute Gasteiger partial charge is 0.481 e. The minimum atomic E-state index is -0.993. The van der Waals surface area contributed by atoms with Gasteiger partial charge in [0.1, 0.15) is 0 Å². The van der Waals surface area contributed by atoms with Gasteiger partial charge in [-0.05, 0) is 42.7 Å². The van der Waals surface area contributed by atoms with E-state index in [0.717, 1.165) is 30.5 Å². The molecule has 3 atom stereocenters. The van der Waals surface area contributed by atoms with Crippen molar-refractivity contribution >= 4 is 46.7 Å². The molecule has 168 valence electrons. The number of carbonyl (C=O) groups is 3. The van der Waals surface area contributed by atoms with E-state index in [1.165, 1.54) is 0 Å². The molecule has 8 heteroatoms. The van der Waals surface area contributed by atoms with Crippen LogP contribution in [0.2, 0.25) is 10.0 Å². The summed E-state index contributed by atoms with van der Waals surface area (Å²) in [6.07, 6.45) is 2.41. The van der Waals surface area contributed by atoms with Gasteiger partial charge in [0, 0.05) is 36.7 Å². The molecule has 1 saturated carbocycles. The Morgan fingerprint density at radius 3 is 2.53 bits per heavy atom. The highest BCUT2D eigenvalue weighted by Crippen LogP contribution is 2.50. The Kier molecular flexibility index (Phi) is 6.45. The molecule has 0 spiro atoms. The maximum Gasteiger partial charge on any atom is 0.303 e. The summed E-state index contributed by atoms with van der Waals surface area (Å²) in [6, 6.07) is 12.3. The summed E-state index contributed by atoms with van der Waals surface area (Å²) in [6.45, 7) is 0. The van der Waals surface area contributed by atoms with Gasteiger partial charge in [-0.1, -0.05) is 47.8 Å². The first kappa shape index (κ1) is 22.6. The number of carboxylic acid groups (broad SMARTS) is 1. The van der Waals surface area contributed by atoms with Gasteiger partial charge in [0.05, 0.1) is 22.5 Å². The second-order valence-electron chi connectivity index (χ2n) is 8.37. The third-order valence-corrected chi connectivity index (χ3v) is 7.27. The molecule has 0 bridgehead atoms. The molecule has 1 N–H and O–H groups in total. The molecule has 1 aliphatic heterocycles. The molecule has 3 unspecified atom stereocenters. The van der Waals surface area contributed by atoms with Gasteiger partial charge >= 0.3 is 5.97 Å². The Labute approximate surface area is 196 Å². The van der Waals surface area contributed by atoms with Gasteiger partial charge in [0.15, 0.2) is 0 Å². The summed E-state index contributed by atoms with van der Waals surface area (Å²) in [5, 5.41) is 9.69. The van der Waals surface area contributed by atoms with Crippen molar-refractivity contribution in [2.45, 2.75) is 44.2 Å². The van der Waals surface area contributed by atoms with Crippen LogP contribution in [0.5, 0.6) is 0 Å². The third kappa shape index (κ3) is 4.09. The highest BCUT2D eigenvalue weighted by Gasteiger charge is 2.48. The van der Waals surface area contributed by atoms with Crippen LogP contribution in [0.15, 0.2) is 42.5 Å². The second kappa shape index (κ2) is 9.12. The maximum atomic E-state index is 13.6. The van der Waals surface area contributed by atoms with E-state index in [0.29, 0.717) is 15.6 Å². The first-order chi connectivity index (χ1) is 15.3. The zero-order valence-corrected chi connectivity index (χ0v) is 19.1.